The van der Waals surface area contributed by atoms with E-state index in [1.807, 2.05) is 26.8 Å². The Hall–Kier alpha value is -1.97. The molecule has 2 heterocycles. The van der Waals surface area contributed by atoms with Crippen LogP contribution < -0.4 is 10.4 Å². The molecule has 3 rings (SSSR count). The van der Waals surface area contributed by atoms with Crippen LogP contribution >= 0.6 is 0 Å². The number of ether oxygens (including phenoxy) is 1. The second kappa shape index (κ2) is 6.74. The molecular formula is C21H28O4. The Kier molecular flexibility index (Phi) is 4.81. The number of hydrogen-bond donors (Lipinski definition) is 1. The maximum absolute atomic E-state index is 12.4. The molecule has 0 unspecified atom stereocenters. The molecule has 1 aliphatic heterocycles. The van der Waals surface area contributed by atoms with Gasteiger partial charge in [0.25, 0.3) is 0 Å². The molecule has 0 aliphatic carbocycles. The zero-order valence-corrected chi connectivity index (χ0v) is 15.7. The fraction of sp³-hybridized carbons (Fsp3) is 0.571. The number of benzene rings is 1. The summed E-state index contributed by atoms with van der Waals surface area (Å²) in [5.41, 5.74) is 2.22. The van der Waals surface area contributed by atoms with Crippen molar-refractivity contribution < 1.29 is 14.3 Å². The molecule has 0 amide bonds. The van der Waals surface area contributed by atoms with Gasteiger partial charge in [0.1, 0.15) is 5.60 Å². The number of hydrogen-bond acceptors (Lipinski definition) is 4. The summed E-state index contributed by atoms with van der Waals surface area (Å²) in [6, 6.07) is 2.02. The summed E-state index contributed by atoms with van der Waals surface area (Å²) in [6.45, 7) is 8.12. The lowest BCUT2D eigenvalue weighted by Gasteiger charge is -2.33. The smallest absolute Gasteiger partial charge is 0.339 e. The zero-order valence-electron chi connectivity index (χ0n) is 15.7. The van der Waals surface area contributed by atoms with Gasteiger partial charge in [-0.2, -0.15) is 0 Å². The van der Waals surface area contributed by atoms with Crippen molar-refractivity contribution in [3.63, 3.8) is 0 Å². The van der Waals surface area contributed by atoms with Gasteiger partial charge >= 0.3 is 5.63 Å². The summed E-state index contributed by atoms with van der Waals surface area (Å²) in [4.78, 5) is 12.4. The predicted molar refractivity (Wildman–Crippen MR) is 99.8 cm³/mol. The van der Waals surface area contributed by atoms with E-state index in [0.29, 0.717) is 5.75 Å². The number of unbranched alkanes of at least 4 members (excludes halogenated alkanes) is 3. The molecule has 4 heteroatoms. The van der Waals surface area contributed by atoms with E-state index in [1.54, 1.807) is 0 Å². The highest BCUT2D eigenvalue weighted by Crippen LogP contribution is 2.44. The van der Waals surface area contributed by atoms with Crippen LogP contribution in [-0.2, 0) is 12.8 Å². The van der Waals surface area contributed by atoms with Gasteiger partial charge in [-0.25, -0.2) is 4.79 Å². The molecule has 2 aromatic rings. The first-order valence-corrected chi connectivity index (χ1v) is 9.34. The van der Waals surface area contributed by atoms with Gasteiger partial charge in [0.2, 0.25) is 5.75 Å². The monoisotopic (exact) mass is 344 g/mol. The van der Waals surface area contributed by atoms with Crippen LogP contribution in [0.5, 0.6) is 11.5 Å². The highest BCUT2D eigenvalue weighted by Gasteiger charge is 2.31. The second-order valence-electron chi connectivity index (χ2n) is 7.76. The van der Waals surface area contributed by atoms with E-state index in [4.69, 9.17) is 9.15 Å². The van der Waals surface area contributed by atoms with Crippen molar-refractivity contribution in [2.45, 2.75) is 78.2 Å². The van der Waals surface area contributed by atoms with E-state index < -0.39 is 0 Å². The molecule has 1 aliphatic rings. The Labute approximate surface area is 148 Å². The molecule has 0 saturated carbocycles. The summed E-state index contributed by atoms with van der Waals surface area (Å²) in [6.07, 6.45) is 6.92. The number of phenols is 1. The van der Waals surface area contributed by atoms with E-state index in [9.17, 15) is 9.90 Å². The SMILES string of the molecule is CCCCCCc1c(C)c2cc3c(c(O)c2oc1=O)OC(C)(C)CC3. The van der Waals surface area contributed by atoms with Crippen LogP contribution in [0.3, 0.4) is 0 Å². The molecular weight excluding hydrogens is 316 g/mol. The Balaban J connectivity index is 2.06. The van der Waals surface area contributed by atoms with Crippen LogP contribution in [-0.4, -0.2) is 10.7 Å². The summed E-state index contributed by atoms with van der Waals surface area (Å²) in [5, 5.41) is 11.5. The molecule has 0 spiro atoms. The van der Waals surface area contributed by atoms with Gasteiger partial charge in [-0.05, 0) is 63.6 Å². The number of fused-ring (bicyclic) bond motifs is 2. The topological polar surface area (TPSA) is 59.7 Å². The molecule has 0 saturated heterocycles. The summed E-state index contributed by atoms with van der Waals surface area (Å²) < 4.78 is 11.5. The predicted octanol–water partition coefficient (Wildman–Crippen LogP) is 5.03. The first kappa shape index (κ1) is 17.8. The van der Waals surface area contributed by atoms with Crippen LogP contribution in [0.15, 0.2) is 15.3 Å². The number of rotatable bonds is 5. The maximum atomic E-state index is 12.4. The zero-order chi connectivity index (χ0) is 18.2. The first-order chi connectivity index (χ1) is 11.8. The largest absolute Gasteiger partial charge is 0.502 e. The Morgan fingerprint density at radius 3 is 2.72 bits per heavy atom. The van der Waals surface area contributed by atoms with Gasteiger partial charge in [0.15, 0.2) is 11.3 Å². The quantitative estimate of drug-likeness (QED) is 0.610. The van der Waals surface area contributed by atoms with Crippen molar-refractivity contribution in [3.8, 4) is 11.5 Å². The molecule has 1 N–H and O–H groups in total. The van der Waals surface area contributed by atoms with Crippen LogP contribution in [0, 0.1) is 6.92 Å². The van der Waals surface area contributed by atoms with Gasteiger partial charge in [0, 0.05) is 10.9 Å². The molecule has 1 aromatic carbocycles. The fourth-order valence-electron chi connectivity index (χ4n) is 3.62. The van der Waals surface area contributed by atoms with Gasteiger partial charge in [-0.15, -0.1) is 0 Å². The maximum Gasteiger partial charge on any atom is 0.339 e. The average molecular weight is 344 g/mol. The minimum Gasteiger partial charge on any atom is -0.502 e. The van der Waals surface area contributed by atoms with Crippen molar-refractivity contribution in [3.05, 3.63) is 33.2 Å². The summed E-state index contributed by atoms with van der Waals surface area (Å²) >= 11 is 0. The third kappa shape index (κ3) is 3.39. The lowest BCUT2D eigenvalue weighted by Crippen LogP contribution is -2.32. The van der Waals surface area contributed by atoms with E-state index in [1.165, 1.54) is 12.8 Å². The minimum atomic E-state index is -0.341. The van der Waals surface area contributed by atoms with Crippen molar-refractivity contribution in [1.29, 1.82) is 0 Å². The molecule has 0 atom stereocenters. The number of aromatic hydroxyl groups is 1. The first-order valence-electron chi connectivity index (χ1n) is 9.34. The molecule has 4 nitrogen and oxygen atoms in total. The van der Waals surface area contributed by atoms with Crippen LogP contribution in [0.2, 0.25) is 0 Å². The Bertz CT molecular complexity index is 845. The van der Waals surface area contributed by atoms with Crippen molar-refractivity contribution >= 4 is 11.0 Å². The molecule has 0 bridgehead atoms. The fourth-order valence-corrected chi connectivity index (χ4v) is 3.62. The van der Waals surface area contributed by atoms with E-state index in [0.717, 1.165) is 54.2 Å². The van der Waals surface area contributed by atoms with Crippen LogP contribution in [0.4, 0.5) is 0 Å². The molecule has 1 aromatic heterocycles. The van der Waals surface area contributed by atoms with Gasteiger partial charge in [0.05, 0.1) is 0 Å². The minimum absolute atomic E-state index is 0.0435. The highest BCUT2D eigenvalue weighted by atomic mass is 16.5. The van der Waals surface area contributed by atoms with Gasteiger partial charge in [-0.3, -0.25) is 0 Å². The molecule has 0 fully saturated rings. The third-order valence-electron chi connectivity index (χ3n) is 5.24. The lowest BCUT2D eigenvalue weighted by atomic mass is 9.91. The summed E-state index contributed by atoms with van der Waals surface area (Å²) in [5.74, 6) is 0.417. The van der Waals surface area contributed by atoms with Crippen LogP contribution in [0.1, 0.15) is 69.6 Å². The lowest BCUT2D eigenvalue weighted by molar-refractivity contribution is 0.0808. The average Bonchev–Trinajstić information content (AvgIpc) is 2.56. The Morgan fingerprint density at radius 2 is 2.00 bits per heavy atom. The summed E-state index contributed by atoms with van der Waals surface area (Å²) in [7, 11) is 0. The molecule has 136 valence electrons. The Morgan fingerprint density at radius 1 is 1.24 bits per heavy atom. The highest BCUT2D eigenvalue weighted by molar-refractivity contribution is 5.89. The van der Waals surface area contributed by atoms with Crippen molar-refractivity contribution in [1.82, 2.24) is 0 Å². The van der Waals surface area contributed by atoms with E-state index >= 15 is 0 Å². The van der Waals surface area contributed by atoms with Crippen LogP contribution in [0.25, 0.3) is 11.0 Å². The van der Waals surface area contributed by atoms with E-state index in [-0.39, 0.29) is 22.6 Å². The van der Waals surface area contributed by atoms with Gasteiger partial charge < -0.3 is 14.3 Å². The van der Waals surface area contributed by atoms with E-state index in [2.05, 4.69) is 6.92 Å². The standard InChI is InChI=1S/C21H28O4/c1-5-6-7-8-9-15-13(2)16-12-14-10-11-21(3,4)25-18(14)17(22)19(16)24-20(15)23/h12,22H,5-11H2,1-4H3. The number of phenolic OH excluding ortho intramolecular Hbond substituents is 1. The van der Waals surface area contributed by atoms with Gasteiger partial charge in [-0.1, -0.05) is 26.2 Å². The van der Waals surface area contributed by atoms with Crippen molar-refractivity contribution in [2.75, 3.05) is 0 Å². The molecule has 0 radical (unpaired) electrons. The third-order valence-corrected chi connectivity index (χ3v) is 5.24. The second-order valence-corrected chi connectivity index (χ2v) is 7.76. The van der Waals surface area contributed by atoms with Crippen molar-refractivity contribution in [2.24, 2.45) is 0 Å². The number of aryl methyl sites for hydroxylation is 2. The normalized spacial score (nSPS) is 15.8. The molecule has 25 heavy (non-hydrogen) atoms.